The summed E-state index contributed by atoms with van der Waals surface area (Å²) in [6, 6.07) is 20.5. The number of benzene rings is 3. The largest absolute Gasteiger partial charge is 0.490 e. The van der Waals surface area contributed by atoms with E-state index in [1.807, 2.05) is 12.1 Å². The number of anilines is 1. The molecule has 0 spiro atoms. The number of fused-ring (bicyclic) bond motifs is 1. The molecule has 0 unspecified atom stereocenters. The highest BCUT2D eigenvalue weighted by atomic mass is 79.9. The van der Waals surface area contributed by atoms with Gasteiger partial charge in [0, 0.05) is 16.0 Å². The van der Waals surface area contributed by atoms with E-state index in [-0.39, 0.29) is 23.9 Å². The van der Waals surface area contributed by atoms with E-state index in [2.05, 4.69) is 15.9 Å². The second-order valence-electron chi connectivity index (χ2n) is 7.22. The third kappa shape index (κ3) is 4.99. The van der Waals surface area contributed by atoms with Crippen molar-refractivity contribution in [1.82, 2.24) is 4.31 Å². The van der Waals surface area contributed by atoms with Crippen LogP contribution in [0.3, 0.4) is 0 Å². The minimum absolute atomic E-state index is 0.0350. The van der Waals surface area contributed by atoms with Gasteiger partial charge >= 0.3 is 0 Å². The van der Waals surface area contributed by atoms with Crippen LogP contribution in [0.2, 0.25) is 5.02 Å². The van der Waals surface area contributed by atoms with Crippen molar-refractivity contribution in [3.05, 3.63) is 87.9 Å². The van der Waals surface area contributed by atoms with E-state index in [9.17, 15) is 13.2 Å². The number of hydrogen-bond acceptors (Lipinski definition) is 4. The number of amides is 1. The normalized spacial score (nSPS) is 13.5. The first-order valence-electron chi connectivity index (χ1n) is 9.87. The van der Waals surface area contributed by atoms with Crippen LogP contribution in [0.25, 0.3) is 0 Å². The number of hydrogen-bond donors (Lipinski definition) is 0. The van der Waals surface area contributed by atoms with Gasteiger partial charge in [0.2, 0.25) is 15.9 Å². The molecule has 1 amide bonds. The van der Waals surface area contributed by atoms with Gasteiger partial charge in [0.25, 0.3) is 0 Å². The summed E-state index contributed by atoms with van der Waals surface area (Å²) in [5, 5.41) is 0.553. The fourth-order valence-electron chi connectivity index (χ4n) is 3.44. The standard InChI is InChI=1S/C23H20BrClN2O4S/c24-18-7-11-20(12-8-18)32(29,30)26(15-17-5-9-19(25)10-6-17)16-23(28)27-13-14-31-22-4-2-1-3-21(22)27/h1-12H,13-16H2. The molecule has 0 fully saturated rings. The molecule has 1 aliphatic heterocycles. The van der Waals surface area contributed by atoms with Crippen molar-refractivity contribution in [3.63, 3.8) is 0 Å². The quantitative estimate of drug-likeness (QED) is 0.458. The molecular formula is C23H20BrClN2O4S. The molecule has 0 N–H and O–H groups in total. The van der Waals surface area contributed by atoms with Crippen LogP contribution in [0.5, 0.6) is 5.75 Å². The number of sulfonamides is 1. The van der Waals surface area contributed by atoms with Crippen molar-refractivity contribution in [3.8, 4) is 5.75 Å². The van der Waals surface area contributed by atoms with Gasteiger partial charge in [-0.25, -0.2) is 8.42 Å². The second-order valence-corrected chi connectivity index (χ2v) is 10.5. The molecule has 4 rings (SSSR count). The van der Waals surface area contributed by atoms with E-state index in [0.29, 0.717) is 29.6 Å². The zero-order chi connectivity index (χ0) is 22.7. The third-order valence-corrected chi connectivity index (χ3v) is 7.65. The van der Waals surface area contributed by atoms with Crippen molar-refractivity contribution in [2.24, 2.45) is 0 Å². The number of carbonyl (C=O) groups excluding carboxylic acids is 1. The molecule has 3 aromatic carbocycles. The number of nitrogens with zero attached hydrogens (tertiary/aromatic N) is 2. The van der Waals surface area contributed by atoms with E-state index in [1.54, 1.807) is 53.4 Å². The number of halogens is 2. The first-order chi connectivity index (χ1) is 15.3. The third-order valence-electron chi connectivity index (χ3n) is 5.06. The molecule has 0 saturated carbocycles. The zero-order valence-electron chi connectivity index (χ0n) is 16.9. The minimum atomic E-state index is -3.94. The highest BCUT2D eigenvalue weighted by Gasteiger charge is 2.31. The predicted octanol–water partition coefficient (Wildman–Crippen LogP) is 4.72. The van der Waals surface area contributed by atoms with Gasteiger partial charge in [-0.3, -0.25) is 4.79 Å². The van der Waals surface area contributed by atoms with Crippen molar-refractivity contribution in [1.29, 1.82) is 0 Å². The molecule has 166 valence electrons. The number of carbonyl (C=O) groups is 1. The van der Waals surface area contributed by atoms with Crippen LogP contribution < -0.4 is 9.64 Å². The van der Waals surface area contributed by atoms with Gasteiger partial charge in [-0.1, -0.05) is 51.8 Å². The molecule has 6 nitrogen and oxygen atoms in total. The molecule has 0 aliphatic carbocycles. The van der Waals surface area contributed by atoms with Gasteiger partial charge in [0.1, 0.15) is 12.4 Å². The summed E-state index contributed by atoms with van der Waals surface area (Å²) in [6.45, 7) is 0.422. The maximum absolute atomic E-state index is 13.5. The lowest BCUT2D eigenvalue weighted by molar-refractivity contribution is -0.119. The van der Waals surface area contributed by atoms with Gasteiger partial charge in [0.15, 0.2) is 0 Å². The Morgan fingerprint density at radius 2 is 1.72 bits per heavy atom. The van der Waals surface area contributed by atoms with Gasteiger partial charge < -0.3 is 9.64 Å². The Morgan fingerprint density at radius 1 is 1.03 bits per heavy atom. The fraction of sp³-hybridized carbons (Fsp3) is 0.174. The minimum Gasteiger partial charge on any atom is -0.490 e. The second kappa shape index (κ2) is 9.62. The monoisotopic (exact) mass is 534 g/mol. The van der Waals surface area contributed by atoms with Crippen molar-refractivity contribution in [2.75, 3.05) is 24.6 Å². The lowest BCUT2D eigenvalue weighted by Crippen LogP contribution is -2.45. The van der Waals surface area contributed by atoms with Crippen LogP contribution in [0.1, 0.15) is 5.56 Å². The first-order valence-corrected chi connectivity index (χ1v) is 12.5. The number of ether oxygens (including phenoxy) is 1. The summed E-state index contributed by atoms with van der Waals surface area (Å²) < 4.78 is 34.5. The zero-order valence-corrected chi connectivity index (χ0v) is 20.1. The average Bonchev–Trinajstić information content (AvgIpc) is 2.80. The van der Waals surface area contributed by atoms with Crippen LogP contribution in [-0.4, -0.2) is 38.3 Å². The summed E-state index contributed by atoms with van der Waals surface area (Å²) >= 11 is 9.30. The Morgan fingerprint density at radius 3 is 2.44 bits per heavy atom. The SMILES string of the molecule is O=C(CN(Cc1ccc(Cl)cc1)S(=O)(=O)c1ccc(Br)cc1)N1CCOc2ccccc21. The summed E-state index contributed by atoms with van der Waals surface area (Å²) in [6.07, 6.45) is 0. The summed E-state index contributed by atoms with van der Waals surface area (Å²) in [7, 11) is -3.94. The van der Waals surface area contributed by atoms with Gasteiger partial charge in [-0.15, -0.1) is 0 Å². The molecule has 0 bridgehead atoms. The number of para-hydroxylation sites is 2. The van der Waals surface area contributed by atoms with Crippen molar-refractivity contribution < 1.29 is 17.9 Å². The van der Waals surface area contributed by atoms with Crippen LogP contribution in [0.15, 0.2) is 82.2 Å². The molecule has 32 heavy (non-hydrogen) atoms. The van der Waals surface area contributed by atoms with Crippen LogP contribution in [0, 0.1) is 0 Å². The Hall–Kier alpha value is -2.39. The summed E-state index contributed by atoms with van der Waals surface area (Å²) in [4.78, 5) is 15.0. The van der Waals surface area contributed by atoms with Crippen LogP contribution in [-0.2, 0) is 21.4 Å². The van der Waals surface area contributed by atoms with E-state index < -0.39 is 10.0 Å². The molecule has 0 atom stereocenters. The van der Waals surface area contributed by atoms with Crippen molar-refractivity contribution in [2.45, 2.75) is 11.4 Å². The molecule has 0 saturated heterocycles. The van der Waals surface area contributed by atoms with Gasteiger partial charge in [-0.05, 0) is 54.1 Å². The maximum Gasteiger partial charge on any atom is 0.243 e. The molecule has 1 heterocycles. The van der Waals surface area contributed by atoms with E-state index in [1.165, 1.54) is 16.4 Å². The smallest absolute Gasteiger partial charge is 0.243 e. The van der Waals surface area contributed by atoms with E-state index in [0.717, 1.165) is 10.0 Å². The Labute approximate surface area is 200 Å². The average molecular weight is 536 g/mol. The molecule has 0 aromatic heterocycles. The Bertz CT molecular complexity index is 1220. The summed E-state index contributed by atoms with van der Waals surface area (Å²) in [5.41, 5.74) is 1.36. The van der Waals surface area contributed by atoms with E-state index >= 15 is 0 Å². The fourth-order valence-corrected chi connectivity index (χ4v) is 5.21. The predicted molar refractivity (Wildman–Crippen MR) is 127 cm³/mol. The molecule has 9 heteroatoms. The van der Waals surface area contributed by atoms with E-state index in [4.69, 9.17) is 16.3 Å². The number of rotatable bonds is 6. The van der Waals surface area contributed by atoms with Gasteiger partial charge in [-0.2, -0.15) is 4.31 Å². The topological polar surface area (TPSA) is 66.9 Å². The highest BCUT2D eigenvalue weighted by molar-refractivity contribution is 9.10. The molecule has 3 aromatic rings. The Balaban J connectivity index is 1.65. The first kappa shape index (κ1) is 22.8. The Kier molecular flexibility index (Phi) is 6.85. The maximum atomic E-state index is 13.5. The van der Waals surface area contributed by atoms with Crippen LogP contribution >= 0.6 is 27.5 Å². The molecular weight excluding hydrogens is 516 g/mol. The molecule has 1 aliphatic rings. The molecule has 0 radical (unpaired) electrons. The lowest BCUT2D eigenvalue weighted by Gasteiger charge is -2.31. The summed E-state index contributed by atoms with van der Waals surface area (Å²) in [5.74, 6) is 0.280. The highest BCUT2D eigenvalue weighted by Crippen LogP contribution is 2.31. The lowest BCUT2D eigenvalue weighted by atomic mass is 10.2. The van der Waals surface area contributed by atoms with Gasteiger partial charge in [0.05, 0.1) is 23.7 Å². The van der Waals surface area contributed by atoms with Crippen LogP contribution in [0.4, 0.5) is 5.69 Å². The van der Waals surface area contributed by atoms with Crippen molar-refractivity contribution >= 4 is 49.1 Å².